The molecule has 0 saturated heterocycles. The van der Waals surface area contributed by atoms with Gasteiger partial charge in [-0.1, -0.05) is 20.3 Å². The van der Waals surface area contributed by atoms with Crippen LogP contribution in [0.15, 0.2) is 17.2 Å². The van der Waals surface area contributed by atoms with Crippen molar-refractivity contribution in [3.8, 4) is 0 Å². The van der Waals surface area contributed by atoms with Gasteiger partial charge >= 0.3 is 0 Å². The monoisotopic (exact) mass is 315 g/mol. The van der Waals surface area contributed by atoms with E-state index in [1.54, 1.807) is 12.3 Å². The van der Waals surface area contributed by atoms with Crippen molar-refractivity contribution < 1.29 is 8.42 Å². The van der Waals surface area contributed by atoms with Gasteiger partial charge in [0.1, 0.15) is 0 Å². The molecular formula is C15H29N3O2S. The van der Waals surface area contributed by atoms with Crippen molar-refractivity contribution in [2.45, 2.75) is 64.6 Å². The highest BCUT2D eigenvalue weighted by Gasteiger charge is 2.23. The number of nitrogens with one attached hydrogen (secondary N) is 2. The lowest BCUT2D eigenvalue weighted by atomic mass is 10.0. The van der Waals surface area contributed by atoms with E-state index in [2.05, 4.69) is 23.9 Å². The second-order valence-electron chi connectivity index (χ2n) is 5.99. The maximum absolute atomic E-state index is 12.5. The first kappa shape index (κ1) is 18.2. The van der Waals surface area contributed by atoms with Gasteiger partial charge in [-0.25, -0.2) is 13.1 Å². The van der Waals surface area contributed by atoms with Crippen LogP contribution in [0.4, 0.5) is 0 Å². The molecule has 0 fully saturated rings. The molecule has 0 bridgehead atoms. The van der Waals surface area contributed by atoms with E-state index in [9.17, 15) is 8.42 Å². The van der Waals surface area contributed by atoms with Crippen LogP contribution in [0.3, 0.4) is 0 Å². The Balaban J connectivity index is 3.06. The normalized spacial score (nSPS) is 15.4. The maximum atomic E-state index is 12.5. The SMILES string of the molecule is CCC(C)C(C)NS(=O)(=O)c1cc(CNC)n(C(C)C)c1. The zero-order chi connectivity index (χ0) is 16.2. The van der Waals surface area contributed by atoms with Crippen molar-refractivity contribution in [2.24, 2.45) is 5.92 Å². The van der Waals surface area contributed by atoms with E-state index in [1.165, 1.54) is 0 Å². The van der Waals surface area contributed by atoms with Crippen LogP contribution in [0, 0.1) is 5.92 Å². The summed E-state index contributed by atoms with van der Waals surface area (Å²) in [7, 11) is -1.61. The summed E-state index contributed by atoms with van der Waals surface area (Å²) >= 11 is 0. The minimum atomic E-state index is -3.47. The third-order valence-electron chi connectivity index (χ3n) is 3.97. The lowest BCUT2D eigenvalue weighted by Gasteiger charge is -2.19. The molecule has 1 aromatic heterocycles. The zero-order valence-electron chi connectivity index (χ0n) is 14.0. The minimum Gasteiger partial charge on any atom is -0.346 e. The average Bonchev–Trinajstić information content (AvgIpc) is 2.82. The summed E-state index contributed by atoms with van der Waals surface area (Å²) < 4.78 is 29.8. The fourth-order valence-electron chi connectivity index (χ4n) is 2.23. The van der Waals surface area contributed by atoms with Crippen LogP contribution < -0.4 is 10.0 Å². The van der Waals surface area contributed by atoms with E-state index in [4.69, 9.17) is 0 Å². The molecule has 0 aliphatic carbocycles. The summed E-state index contributed by atoms with van der Waals surface area (Å²) in [6, 6.07) is 1.90. The Hall–Kier alpha value is -0.850. The molecule has 0 aliphatic heterocycles. The first-order valence-corrected chi connectivity index (χ1v) is 9.08. The molecule has 1 heterocycles. The second kappa shape index (κ2) is 7.42. The van der Waals surface area contributed by atoms with Crippen LogP contribution in [-0.2, 0) is 16.6 Å². The van der Waals surface area contributed by atoms with Crippen molar-refractivity contribution >= 4 is 10.0 Å². The summed E-state index contributed by atoms with van der Waals surface area (Å²) in [5.41, 5.74) is 0.976. The topological polar surface area (TPSA) is 63.1 Å². The quantitative estimate of drug-likeness (QED) is 0.775. The number of sulfonamides is 1. The standard InChI is InChI=1S/C15H29N3O2S/c1-7-12(4)13(5)17-21(19,20)15-8-14(9-16-6)18(10-15)11(2)3/h8,10-13,16-17H,7,9H2,1-6H3. The molecule has 1 rings (SSSR count). The van der Waals surface area contributed by atoms with E-state index in [1.807, 2.05) is 32.4 Å². The molecule has 5 nitrogen and oxygen atoms in total. The average molecular weight is 315 g/mol. The van der Waals surface area contributed by atoms with E-state index in [0.29, 0.717) is 17.4 Å². The molecule has 1 aromatic rings. The number of hydrogen-bond donors (Lipinski definition) is 2. The van der Waals surface area contributed by atoms with Crippen molar-refractivity contribution in [3.05, 3.63) is 18.0 Å². The summed E-state index contributed by atoms with van der Waals surface area (Å²) in [4.78, 5) is 0.344. The van der Waals surface area contributed by atoms with Crippen LogP contribution in [0.2, 0.25) is 0 Å². The number of aromatic nitrogens is 1. The van der Waals surface area contributed by atoms with Crippen LogP contribution in [0.1, 0.15) is 52.8 Å². The van der Waals surface area contributed by atoms with Crippen molar-refractivity contribution in [2.75, 3.05) is 7.05 Å². The highest BCUT2D eigenvalue weighted by atomic mass is 32.2. The van der Waals surface area contributed by atoms with Crippen molar-refractivity contribution in [1.82, 2.24) is 14.6 Å². The predicted molar refractivity (Wildman–Crippen MR) is 86.8 cm³/mol. The van der Waals surface area contributed by atoms with Gasteiger partial charge in [-0.2, -0.15) is 0 Å². The minimum absolute atomic E-state index is 0.0739. The molecule has 2 N–H and O–H groups in total. The van der Waals surface area contributed by atoms with Gasteiger partial charge in [0.25, 0.3) is 0 Å². The van der Waals surface area contributed by atoms with Crippen LogP contribution >= 0.6 is 0 Å². The molecule has 0 amide bonds. The molecular weight excluding hydrogens is 286 g/mol. The molecule has 0 saturated carbocycles. The van der Waals surface area contributed by atoms with Crippen molar-refractivity contribution in [1.29, 1.82) is 0 Å². The highest BCUT2D eigenvalue weighted by Crippen LogP contribution is 2.20. The number of nitrogens with zero attached hydrogens (tertiary/aromatic N) is 1. The summed E-state index contributed by atoms with van der Waals surface area (Å²) in [5.74, 6) is 0.309. The van der Waals surface area contributed by atoms with Gasteiger partial charge in [0, 0.05) is 30.5 Å². The third-order valence-corrected chi connectivity index (χ3v) is 5.50. The Labute approximate surface area is 129 Å². The summed E-state index contributed by atoms with van der Waals surface area (Å²) in [6.45, 7) is 10.8. The molecule has 0 radical (unpaired) electrons. The van der Waals surface area contributed by atoms with Gasteiger partial charge in [-0.3, -0.25) is 0 Å². The molecule has 0 aromatic carbocycles. The van der Waals surface area contributed by atoms with Crippen LogP contribution in [0.5, 0.6) is 0 Å². The third kappa shape index (κ3) is 4.56. The van der Waals surface area contributed by atoms with Gasteiger partial charge in [-0.15, -0.1) is 0 Å². The molecule has 0 aliphatic rings. The number of rotatable bonds is 8. The summed E-state index contributed by atoms with van der Waals surface area (Å²) in [6.07, 6.45) is 2.67. The maximum Gasteiger partial charge on any atom is 0.242 e. The first-order chi connectivity index (χ1) is 9.72. The highest BCUT2D eigenvalue weighted by molar-refractivity contribution is 7.89. The first-order valence-electron chi connectivity index (χ1n) is 7.60. The zero-order valence-corrected chi connectivity index (χ0v) is 14.8. The summed E-state index contributed by atoms with van der Waals surface area (Å²) in [5, 5.41) is 3.08. The molecule has 0 spiro atoms. The van der Waals surface area contributed by atoms with E-state index >= 15 is 0 Å². The Bertz CT molecular complexity index is 549. The van der Waals surface area contributed by atoms with Crippen LogP contribution in [-0.4, -0.2) is 26.1 Å². The predicted octanol–water partition coefficient (Wildman–Crippen LogP) is 2.50. The van der Waals surface area contributed by atoms with Gasteiger partial charge in [0.15, 0.2) is 0 Å². The van der Waals surface area contributed by atoms with Gasteiger partial charge < -0.3 is 9.88 Å². The molecule has 6 heteroatoms. The van der Waals surface area contributed by atoms with E-state index in [-0.39, 0.29) is 12.1 Å². The van der Waals surface area contributed by atoms with Gasteiger partial charge in [-0.05, 0) is 39.8 Å². The second-order valence-corrected chi connectivity index (χ2v) is 7.71. The van der Waals surface area contributed by atoms with E-state index < -0.39 is 10.0 Å². The Morgan fingerprint density at radius 1 is 1.24 bits per heavy atom. The van der Waals surface area contributed by atoms with E-state index in [0.717, 1.165) is 12.1 Å². The molecule has 21 heavy (non-hydrogen) atoms. The lowest BCUT2D eigenvalue weighted by molar-refractivity contribution is 0.434. The Morgan fingerprint density at radius 2 is 1.86 bits per heavy atom. The lowest BCUT2D eigenvalue weighted by Crippen LogP contribution is -2.36. The molecule has 2 unspecified atom stereocenters. The van der Waals surface area contributed by atoms with Gasteiger partial charge in [0.2, 0.25) is 10.0 Å². The largest absolute Gasteiger partial charge is 0.346 e. The smallest absolute Gasteiger partial charge is 0.242 e. The fourth-order valence-corrected chi connectivity index (χ4v) is 3.63. The Morgan fingerprint density at radius 3 is 2.33 bits per heavy atom. The van der Waals surface area contributed by atoms with Gasteiger partial charge in [0.05, 0.1) is 4.90 Å². The number of hydrogen-bond acceptors (Lipinski definition) is 3. The van der Waals surface area contributed by atoms with Crippen LogP contribution in [0.25, 0.3) is 0 Å². The van der Waals surface area contributed by atoms with Crippen molar-refractivity contribution in [3.63, 3.8) is 0 Å². The fraction of sp³-hybridized carbons (Fsp3) is 0.733. The molecule has 2 atom stereocenters. The molecule has 122 valence electrons. The Kier molecular flexibility index (Phi) is 6.43.